The molecule has 5 aromatic rings. The van der Waals surface area contributed by atoms with Gasteiger partial charge >= 0.3 is 0 Å². The number of carbonyl (C=O) groups is 1. The van der Waals surface area contributed by atoms with Crippen LogP contribution in [0.1, 0.15) is 10.4 Å². The molecule has 0 spiro atoms. The molecule has 0 atom stereocenters. The van der Waals surface area contributed by atoms with Gasteiger partial charge in [-0.25, -0.2) is 4.98 Å². The maximum absolute atomic E-state index is 12.9. The summed E-state index contributed by atoms with van der Waals surface area (Å²) in [5, 5.41) is 11.7. The molecule has 2 heterocycles. The van der Waals surface area contributed by atoms with Gasteiger partial charge in [0.15, 0.2) is 5.58 Å². The third-order valence-electron chi connectivity index (χ3n) is 4.72. The lowest BCUT2D eigenvalue weighted by molar-refractivity contribution is 0.102. The molecule has 1 amide bonds. The van der Waals surface area contributed by atoms with Crippen LogP contribution in [0.5, 0.6) is 0 Å². The Morgan fingerprint density at radius 3 is 2.50 bits per heavy atom. The van der Waals surface area contributed by atoms with Gasteiger partial charge in [0.05, 0.1) is 21.2 Å². The summed E-state index contributed by atoms with van der Waals surface area (Å²) in [5.41, 5.74) is 3.29. The van der Waals surface area contributed by atoms with Crippen LogP contribution in [0.25, 0.3) is 28.2 Å². The largest absolute Gasteiger partial charge is 0.436 e. The van der Waals surface area contributed by atoms with E-state index < -0.39 is 0 Å². The summed E-state index contributed by atoms with van der Waals surface area (Å²) >= 11 is 18.5. The lowest BCUT2D eigenvalue weighted by Gasteiger charge is -2.09. The van der Waals surface area contributed by atoms with Gasteiger partial charge in [-0.3, -0.25) is 9.36 Å². The lowest BCUT2D eigenvalue weighted by atomic mass is 10.1. The number of amides is 1. The van der Waals surface area contributed by atoms with Gasteiger partial charge in [0.25, 0.3) is 5.91 Å². The van der Waals surface area contributed by atoms with Gasteiger partial charge in [-0.05, 0) is 54.6 Å². The van der Waals surface area contributed by atoms with Crippen LogP contribution < -0.4 is 5.32 Å². The van der Waals surface area contributed by atoms with Gasteiger partial charge in [-0.1, -0.05) is 34.8 Å². The first-order valence-corrected chi connectivity index (χ1v) is 10.4. The van der Waals surface area contributed by atoms with Gasteiger partial charge in [0.2, 0.25) is 5.89 Å². The number of anilines is 1. The summed E-state index contributed by atoms with van der Waals surface area (Å²) in [6, 6.07) is 15.3. The number of oxazole rings is 1. The van der Waals surface area contributed by atoms with Crippen molar-refractivity contribution in [3.8, 4) is 17.1 Å². The number of halogens is 3. The third kappa shape index (κ3) is 3.93. The molecule has 0 bridgehead atoms. The molecule has 0 aliphatic heterocycles. The maximum Gasteiger partial charge on any atom is 0.257 e. The van der Waals surface area contributed by atoms with Crippen molar-refractivity contribution in [1.82, 2.24) is 19.7 Å². The first kappa shape index (κ1) is 20.5. The Kier molecular flexibility index (Phi) is 5.30. The molecule has 2 aromatic heterocycles. The van der Waals surface area contributed by atoms with Crippen LogP contribution in [-0.2, 0) is 0 Å². The van der Waals surface area contributed by atoms with Gasteiger partial charge in [0.1, 0.15) is 18.2 Å². The molecule has 0 aliphatic rings. The number of aromatic nitrogens is 4. The monoisotopic (exact) mass is 483 g/mol. The predicted molar refractivity (Wildman–Crippen MR) is 124 cm³/mol. The average Bonchev–Trinajstić information content (AvgIpc) is 3.43. The van der Waals surface area contributed by atoms with Crippen molar-refractivity contribution in [1.29, 1.82) is 0 Å². The van der Waals surface area contributed by atoms with E-state index in [1.807, 2.05) is 0 Å². The molecular weight excluding hydrogens is 473 g/mol. The first-order valence-electron chi connectivity index (χ1n) is 9.30. The Morgan fingerprint density at radius 1 is 0.906 bits per heavy atom. The zero-order chi connectivity index (χ0) is 22.2. The Balaban J connectivity index is 1.43. The Bertz CT molecular complexity index is 1460. The van der Waals surface area contributed by atoms with Gasteiger partial charge in [0, 0.05) is 16.4 Å². The SMILES string of the molecule is O=C(Nc1ccc2oc(-c3ccc(Cl)cc3Cl)nc2c1)c1cc(-n2cnnc2)ccc1Cl. The van der Waals surface area contributed by atoms with Crippen LogP contribution >= 0.6 is 34.8 Å². The predicted octanol–water partition coefficient (Wildman–Crippen LogP) is 6.29. The zero-order valence-corrected chi connectivity index (χ0v) is 18.4. The summed E-state index contributed by atoms with van der Waals surface area (Å²) in [4.78, 5) is 17.4. The van der Waals surface area contributed by atoms with Crippen molar-refractivity contribution in [3.05, 3.63) is 87.9 Å². The highest BCUT2D eigenvalue weighted by atomic mass is 35.5. The fourth-order valence-corrected chi connectivity index (χ4v) is 3.86. The molecule has 7 nitrogen and oxygen atoms in total. The van der Waals surface area contributed by atoms with E-state index in [9.17, 15) is 4.79 Å². The van der Waals surface area contributed by atoms with Crippen molar-refractivity contribution >= 4 is 57.5 Å². The molecule has 0 fully saturated rings. The van der Waals surface area contributed by atoms with Crippen LogP contribution in [0.15, 0.2) is 71.7 Å². The molecule has 0 radical (unpaired) electrons. The van der Waals surface area contributed by atoms with E-state index in [2.05, 4.69) is 20.5 Å². The van der Waals surface area contributed by atoms with Crippen LogP contribution in [0.2, 0.25) is 15.1 Å². The standard InChI is InChI=1S/C22H12Cl3N5O2/c23-12-1-4-15(18(25)7-12)22-29-19-8-13(2-6-20(19)32-22)28-21(31)16-9-14(3-5-17(16)24)30-10-26-27-11-30/h1-11H,(H,28,31). The van der Waals surface area contributed by atoms with E-state index in [1.165, 1.54) is 12.7 Å². The summed E-state index contributed by atoms with van der Waals surface area (Å²) < 4.78 is 7.49. The fraction of sp³-hybridized carbons (Fsp3) is 0. The molecule has 3 aromatic carbocycles. The minimum Gasteiger partial charge on any atom is -0.436 e. The van der Waals surface area contributed by atoms with Gasteiger partial charge < -0.3 is 9.73 Å². The normalized spacial score (nSPS) is 11.1. The quantitative estimate of drug-likeness (QED) is 0.324. The molecule has 158 valence electrons. The maximum atomic E-state index is 12.9. The number of hydrogen-bond donors (Lipinski definition) is 1. The van der Waals surface area contributed by atoms with Crippen molar-refractivity contribution in [2.24, 2.45) is 0 Å². The van der Waals surface area contributed by atoms with E-state index in [-0.39, 0.29) is 5.91 Å². The molecule has 32 heavy (non-hydrogen) atoms. The van der Waals surface area contributed by atoms with Crippen LogP contribution in [0, 0.1) is 0 Å². The van der Waals surface area contributed by atoms with E-state index in [4.69, 9.17) is 39.2 Å². The number of nitrogens with one attached hydrogen (secondary N) is 1. The number of fused-ring (bicyclic) bond motifs is 1. The topological polar surface area (TPSA) is 85.8 Å². The smallest absolute Gasteiger partial charge is 0.257 e. The molecule has 10 heteroatoms. The second-order valence-electron chi connectivity index (χ2n) is 6.81. The highest BCUT2D eigenvalue weighted by Crippen LogP contribution is 2.32. The third-order valence-corrected chi connectivity index (χ3v) is 5.60. The number of rotatable bonds is 4. The Labute approximate surface area is 196 Å². The van der Waals surface area contributed by atoms with Crippen LogP contribution in [0.4, 0.5) is 5.69 Å². The molecule has 0 saturated heterocycles. The van der Waals surface area contributed by atoms with E-state index in [0.717, 1.165) is 0 Å². The number of hydrogen-bond acceptors (Lipinski definition) is 5. The molecule has 0 aliphatic carbocycles. The Morgan fingerprint density at radius 2 is 1.72 bits per heavy atom. The van der Waals surface area contributed by atoms with Crippen molar-refractivity contribution in [3.63, 3.8) is 0 Å². The number of nitrogens with zero attached hydrogens (tertiary/aromatic N) is 4. The average molecular weight is 485 g/mol. The molecule has 0 saturated carbocycles. The minimum atomic E-state index is -0.367. The molecule has 1 N–H and O–H groups in total. The van der Waals surface area contributed by atoms with Gasteiger partial charge in [-0.15, -0.1) is 10.2 Å². The summed E-state index contributed by atoms with van der Waals surface area (Å²) in [6.45, 7) is 0. The Hall–Kier alpha value is -3.39. The van der Waals surface area contributed by atoms with Crippen molar-refractivity contribution < 1.29 is 9.21 Å². The second-order valence-corrected chi connectivity index (χ2v) is 8.06. The van der Waals surface area contributed by atoms with E-state index >= 15 is 0 Å². The molecular formula is C22H12Cl3N5O2. The highest BCUT2D eigenvalue weighted by molar-refractivity contribution is 6.36. The number of carbonyl (C=O) groups excluding carboxylic acids is 1. The molecule has 0 unspecified atom stereocenters. The van der Waals surface area contributed by atoms with Gasteiger partial charge in [-0.2, -0.15) is 0 Å². The summed E-state index contributed by atoms with van der Waals surface area (Å²) in [5.74, 6) is -0.0106. The highest BCUT2D eigenvalue weighted by Gasteiger charge is 2.15. The fourth-order valence-electron chi connectivity index (χ4n) is 3.16. The number of benzene rings is 3. The zero-order valence-electron chi connectivity index (χ0n) is 16.1. The van der Waals surface area contributed by atoms with E-state index in [1.54, 1.807) is 59.2 Å². The summed E-state index contributed by atoms with van der Waals surface area (Å²) in [7, 11) is 0. The minimum absolute atomic E-state index is 0.312. The van der Waals surface area contributed by atoms with E-state index in [0.29, 0.717) is 54.6 Å². The van der Waals surface area contributed by atoms with Crippen molar-refractivity contribution in [2.45, 2.75) is 0 Å². The first-order chi connectivity index (χ1) is 15.5. The molecule has 5 rings (SSSR count). The van der Waals surface area contributed by atoms with Crippen LogP contribution in [0.3, 0.4) is 0 Å². The lowest BCUT2D eigenvalue weighted by Crippen LogP contribution is -2.13. The van der Waals surface area contributed by atoms with Crippen molar-refractivity contribution in [2.75, 3.05) is 5.32 Å². The summed E-state index contributed by atoms with van der Waals surface area (Å²) in [6.07, 6.45) is 3.07. The second kappa shape index (κ2) is 8.27. The van der Waals surface area contributed by atoms with Crippen LogP contribution in [-0.4, -0.2) is 25.7 Å².